The molecule has 1 aromatic rings. The predicted molar refractivity (Wildman–Crippen MR) is 101 cm³/mol. The molecule has 0 spiro atoms. The lowest BCUT2D eigenvalue weighted by molar-refractivity contribution is -0.385. The summed E-state index contributed by atoms with van der Waals surface area (Å²) in [6.07, 6.45) is 0.683. The molecule has 10 heteroatoms. The Morgan fingerprint density at radius 1 is 1.46 bits per heavy atom. The molecule has 2 amide bonds. The summed E-state index contributed by atoms with van der Waals surface area (Å²) in [4.78, 5) is 36.6. The fourth-order valence-corrected chi connectivity index (χ4v) is 3.09. The van der Waals surface area contributed by atoms with Crippen LogP contribution in [0.2, 0.25) is 5.02 Å². The molecule has 3 N–H and O–H groups in total. The van der Waals surface area contributed by atoms with Crippen LogP contribution in [-0.4, -0.2) is 47.3 Å². The van der Waals surface area contributed by atoms with Crippen LogP contribution in [0.4, 0.5) is 5.69 Å². The smallest absolute Gasteiger partial charge is 0.283 e. The van der Waals surface area contributed by atoms with Gasteiger partial charge in [0.05, 0.1) is 16.5 Å². The zero-order chi connectivity index (χ0) is 18.8. The lowest BCUT2D eigenvalue weighted by Gasteiger charge is -2.42. The van der Waals surface area contributed by atoms with Crippen LogP contribution in [0.15, 0.2) is 18.2 Å². The van der Waals surface area contributed by atoms with Gasteiger partial charge < -0.3 is 16.0 Å². The molecule has 1 atom stereocenters. The van der Waals surface area contributed by atoms with Gasteiger partial charge in [-0.25, -0.2) is 0 Å². The largest absolute Gasteiger partial charge is 0.343 e. The lowest BCUT2D eigenvalue weighted by Crippen LogP contribution is -2.55. The number of likely N-dealkylation sites (tertiary alicyclic amines) is 1. The Balaban J connectivity index is 0.00000338. The Bertz CT molecular complexity index is 711. The molecule has 1 saturated heterocycles. The number of hydrogen-bond donors (Lipinski definition) is 2. The summed E-state index contributed by atoms with van der Waals surface area (Å²) in [6, 6.07) is 3.98. The van der Waals surface area contributed by atoms with E-state index in [0.717, 1.165) is 0 Å². The Labute approximate surface area is 162 Å². The highest BCUT2D eigenvalue weighted by atomic mass is 35.5. The van der Waals surface area contributed by atoms with Gasteiger partial charge in [0.15, 0.2) is 0 Å². The molecule has 0 radical (unpaired) electrons. The number of nitrogens with two attached hydrogens (primary N) is 1. The van der Waals surface area contributed by atoms with E-state index in [0.29, 0.717) is 19.5 Å². The van der Waals surface area contributed by atoms with E-state index in [1.807, 2.05) is 13.8 Å². The van der Waals surface area contributed by atoms with Crippen molar-refractivity contribution < 1.29 is 14.5 Å². The summed E-state index contributed by atoms with van der Waals surface area (Å²) >= 11 is 5.91. The maximum absolute atomic E-state index is 12.3. The van der Waals surface area contributed by atoms with Gasteiger partial charge in [-0.1, -0.05) is 31.5 Å². The van der Waals surface area contributed by atoms with E-state index < -0.39 is 16.5 Å². The Morgan fingerprint density at radius 3 is 2.69 bits per heavy atom. The minimum atomic E-state index is -0.751. The summed E-state index contributed by atoms with van der Waals surface area (Å²) in [7, 11) is 0. The predicted octanol–water partition coefficient (Wildman–Crippen LogP) is 1.99. The Morgan fingerprint density at radius 2 is 2.12 bits per heavy atom. The van der Waals surface area contributed by atoms with Crippen LogP contribution < -0.4 is 11.1 Å². The number of benzene rings is 1. The van der Waals surface area contributed by atoms with E-state index in [9.17, 15) is 19.7 Å². The molecule has 1 aliphatic heterocycles. The lowest BCUT2D eigenvalue weighted by atomic mass is 9.79. The summed E-state index contributed by atoms with van der Waals surface area (Å²) in [5.41, 5.74) is 5.19. The first kappa shape index (κ1) is 22.1. The van der Waals surface area contributed by atoms with E-state index in [-0.39, 0.29) is 46.9 Å². The van der Waals surface area contributed by atoms with Crippen molar-refractivity contribution in [3.05, 3.63) is 38.9 Å². The van der Waals surface area contributed by atoms with Crippen molar-refractivity contribution in [3.63, 3.8) is 0 Å². The molecular weight excluding hydrogens is 383 g/mol. The van der Waals surface area contributed by atoms with Crippen LogP contribution in [0.1, 0.15) is 30.6 Å². The summed E-state index contributed by atoms with van der Waals surface area (Å²) < 4.78 is 0. The molecule has 0 aliphatic carbocycles. The number of nitrogens with zero attached hydrogens (tertiary/aromatic N) is 2. The zero-order valence-corrected chi connectivity index (χ0v) is 16.1. The van der Waals surface area contributed by atoms with E-state index in [1.54, 1.807) is 4.90 Å². The van der Waals surface area contributed by atoms with Crippen molar-refractivity contribution in [2.75, 3.05) is 19.6 Å². The molecule has 1 heterocycles. The summed E-state index contributed by atoms with van der Waals surface area (Å²) in [6.45, 7) is 4.73. The third kappa shape index (κ3) is 4.84. The maximum Gasteiger partial charge on any atom is 0.283 e. The molecule has 1 unspecified atom stereocenters. The monoisotopic (exact) mass is 404 g/mol. The molecule has 144 valence electrons. The van der Waals surface area contributed by atoms with Crippen LogP contribution in [-0.2, 0) is 4.79 Å². The number of nitro groups is 1. The first-order valence-electron chi connectivity index (χ1n) is 7.88. The molecule has 2 rings (SSSR count). The number of carbonyl (C=O) groups is 2. The molecule has 0 bridgehead atoms. The van der Waals surface area contributed by atoms with E-state index in [1.165, 1.54) is 18.2 Å². The van der Waals surface area contributed by atoms with Crippen LogP contribution >= 0.6 is 24.0 Å². The highest BCUT2D eigenvalue weighted by molar-refractivity contribution is 6.34. The maximum atomic E-state index is 12.3. The first-order chi connectivity index (χ1) is 11.6. The van der Waals surface area contributed by atoms with Gasteiger partial charge in [0.2, 0.25) is 5.91 Å². The molecule has 1 aliphatic rings. The molecule has 0 saturated carbocycles. The topological polar surface area (TPSA) is 119 Å². The minimum absolute atomic E-state index is 0. The number of hydrogen-bond acceptors (Lipinski definition) is 5. The number of halogens is 2. The van der Waals surface area contributed by atoms with Gasteiger partial charge in [-0.15, -0.1) is 12.4 Å². The van der Waals surface area contributed by atoms with Gasteiger partial charge in [-0.05, 0) is 17.9 Å². The number of piperidine rings is 1. The highest BCUT2D eigenvalue weighted by Crippen LogP contribution is 2.28. The van der Waals surface area contributed by atoms with Gasteiger partial charge in [-0.3, -0.25) is 19.7 Å². The average Bonchev–Trinajstić information content (AvgIpc) is 2.54. The highest BCUT2D eigenvalue weighted by Gasteiger charge is 2.35. The Kier molecular flexibility index (Phi) is 7.37. The van der Waals surface area contributed by atoms with Crippen LogP contribution in [0.5, 0.6) is 0 Å². The second kappa shape index (κ2) is 8.66. The average molecular weight is 405 g/mol. The van der Waals surface area contributed by atoms with Crippen LogP contribution in [0.25, 0.3) is 0 Å². The number of nitrogens with one attached hydrogen (secondary N) is 1. The van der Waals surface area contributed by atoms with Crippen molar-refractivity contribution >= 4 is 41.5 Å². The van der Waals surface area contributed by atoms with Crippen molar-refractivity contribution in [2.45, 2.75) is 26.3 Å². The van der Waals surface area contributed by atoms with Crippen LogP contribution in [0, 0.1) is 15.5 Å². The van der Waals surface area contributed by atoms with E-state index >= 15 is 0 Å². The van der Waals surface area contributed by atoms with E-state index in [4.69, 9.17) is 17.3 Å². The van der Waals surface area contributed by atoms with E-state index in [2.05, 4.69) is 5.32 Å². The third-order valence-electron chi connectivity index (χ3n) is 4.48. The fraction of sp³-hybridized carbons (Fsp3) is 0.500. The minimum Gasteiger partial charge on any atom is -0.343 e. The van der Waals surface area contributed by atoms with Crippen molar-refractivity contribution in [3.8, 4) is 0 Å². The van der Waals surface area contributed by atoms with Crippen molar-refractivity contribution in [1.82, 2.24) is 10.2 Å². The second-order valence-corrected chi connectivity index (χ2v) is 7.18. The van der Waals surface area contributed by atoms with Crippen molar-refractivity contribution in [1.29, 1.82) is 0 Å². The molecule has 1 fully saturated rings. The third-order valence-corrected chi connectivity index (χ3v) is 4.80. The Hall–Kier alpha value is -1.90. The number of amides is 2. The van der Waals surface area contributed by atoms with Crippen LogP contribution in [0.3, 0.4) is 0 Å². The summed E-state index contributed by atoms with van der Waals surface area (Å²) in [5.74, 6) is -1.01. The number of rotatable bonds is 4. The molecular formula is C16H22Cl2N4O4. The van der Waals surface area contributed by atoms with Gasteiger partial charge in [0.25, 0.3) is 11.6 Å². The standard InChI is InChI=1S/C16H21ClN4O4.ClH/c1-16(2)9-20(7-6-12(16)18)13(22)8-19-15(23)14-10(17)4-3-5-11(14)21(24)25;/h3-5,12H,6-9,18H2,1-2H3,(H,19,23);1H. The normalized spacial score (nSPS) is 18.6. The van der Waals surface area contributed by atoms with Crippen molar-refractivity contribution in [2.24, 2.45) is 11.1 Å². The zero-order valence-electron chi connectivity index (χ0n) is 14.5. The molecule has 8 nitrogen and oxygen atoms in total. The first-order valence-corrected chi connectivity index (χ1v) is 8.25. The van der Waals surface area contributed by atoms with Gasteiger partial charge >= 0.3 is 0 Å². The number of nitro benzene ring substituents is 1. The summed E-state index contributed by atoms with van der Waals surface area (Å²) in [5, 5.41) is 13.4. The SMILES string of the molecule is CC1(C)CN(C(=O)CNC(=O)c2c(Cl)cccc2[N+](=O)[O-])CCC1N.Cl. The molecule has 26 heavy (non-hydrogen) atoms. The molecule has 0 aromatic heterocycles. The second-order valence-electron chi connectivity index (χ2n) is 6.77. The van der Waals surface area contributed by atoms with Gasteiger partial charge in [0.1, 0.15) is 5.56 Å². The quantitative estimate of drug-likeness (QED) is 0.587. The molecule has 1 aromatic carbocycles. The fourth-order valence-electron chi connectivity index (χ4n) is 2.83. The van der Waals surface area contributed by atoms with Gasteiger partial charge in [-0.2, -0.15) is 0 Å². The van der Waals surface area contributed by atoms with Gasteiger partial charge in [0, 0.05) is 25.2 Å². The number of carbonyl (C=O) groups excluding carboxylic acids is 2.